The first-order chi connectivity index (χ1) is 20.8. The van der Waals surface area contributed by atoms with Gasteiger partial charge in [0, 0.05) is 44.5 Å². The second-order valence-electron chi connectivity index (χ2n) is 13.0. The number of hydrogen-bond acceptors (Lipinski definition) is 4. The van der Waals surface area contributed by atoms with E-state index in [0.717, 1.165) is 63.1 Å². The summed E-state index contributed by atoms with van der Waals surface area (Å²) in [7, 11) is 0. The lowest BCUT2D eigenvalue weighted by Crippen LogP contribution is -2.55. The van der Waals surface area contributed by atoms with Gasteiger partial charge in [0.15, 0.2) is 0 Å². The van der Waals surface area contributed by atoms with Crippen LogP contribution < -0.4 is 15.0 Å². The lowest BCUT2D eigenvalue weighted by Gasteiger charge is -2.42. The van der Waals surface area contributed by atoms with Crippen molar-refractivity contribution in [1.82, 2.24) is 15.1 Å². The number of anilines is 1. The van der Waals surface area contributed by atoms with Crippen molar-refractivity contribution in [3.8, 4) is 5.75 Å². The molecule has 2 heterocycles. The molecule has 2 atom stereocenters. The van der Waals surface area contributed by atoms with Gasteiger partial charge in [0.25, 0.3) is 0 Å². The molecule has 3 amide bonds. The van der Waals surface area contributed by atoms with Gasteiger partial charge in [-0.05, 0) is 73.8 Å². The zero-order valence-corrected chi connectivity index (χ0v) is 27.0. The molecule has 0 saturated carbocycles. The van der Waals surface area contributed by atoms with Crippen molar-refractivity contribution >= 4 is 17.6 Å². The number of benzene rings is 2. The van der Waals surface area contributed by atoms with Gasteiger partial charge in [0.1, 0.15) is 18.4 Å². The van der Waals surface area contributed by atoms with Crippen molar-refractivity contribution in [3.63, 3.8) is 0 Å². The zero-order chi connectivity index (χ0) is 30.6. The zero-order valence-electron chi connectivity index (χ0n) is 27.0. The smallest absolute Gasteiger partial charge is 0.318 e. The molecule has 0 radical (unpaired) electrons. The second-order valence-corrected chi connectivity index (χ2v) is 13.0. The second kappa shape index (κ2) is 16.6. The summed E-state index contributed by atoms with van der Waals surface area (Å²) in [5.41, 5.74) is 2.36. The van der Waals surface area contributed by atoms with E-state index in [4.69, 9.17) is 4.74 Å². The molecule has 2 fully saturated rings. The maximum atomic E-state index is 13.8. The highest BCUT2D eigenvalue weighted by molar-refractivity contribution is 5.87. The van der Waals surface area contributed by atoms with Crippen LogP contribution >= 0.6 is 0 Å². The summed E-state index contributed by atoms with van der Waals surface area (Å²) in [6.45, 7) is 13.3. The lowest BCUT2D eigenvalue weighted by molar-refractivity contribution is -0.134. The molecule has 2 aliphatic rings. The van der Waals surface area contributed by atoms with Crippen LogP contribution in [0.1, 0.15) is 84.6 Å². The SMILES string of the molecule is CCC(C)CN(c1ccc(OCc2ccccc2)cc1)C1CCN(C(=O)[C@H](CC(C)C)NC(=O)N2CCCCCC2)CC1. The molecular weight excluding hydrogens is 536 g/mol. The van der Waals surface area contributed by atoms with E-state index in [1.165, 1.54) is 18.5 Å². The summed E-state index contributed by atoms with van der Waals surface area (Å²) in [4.78, 5) is 33.3. The van der Waals surface area contributed by atoms with Gasteiger partial charge in [-0.15, -0.1) is 0 Å². The van der Waals surface area contributed by atoms with Crippen LogP contribution in [-0.4, -0.2) is 66.5 Å². The van der Waals surface area contributed by atoms with Crippen LogP contribution in [0.15, 0.2) is 54.6 Å². The summed E-state index contributed by atoms with van der Waals surface area (Å²) in [6, 6.07) is 18.6. The van der Waals surface area contributed by atoms with E-state index in [1.807, 2.05) is 28.0 Å². The Labute approximate surface area is 260 Å². The van der Waals surface area contributed by atoms with Crippen LogP contribution in [0.25, 0.3) is 0 Å². The molecule has 0 aromatic heterocycles. The summed E-state index contributed by atoms with van der Waals surface area (Å²) in [6.07, 6.45) is 8.06. The van der Waals surface area contributed by atoms with E-state index >= 15 is 0 Å². The van der Waals surface area contributed by atoms with Crippen molar-refractivity contribution in [2.24, 2.45) is 11.8 Å². The maximum Gasteiger partial charge on any atom is 0.318 e. The summed E-state index contributed by atoms with van der Waals surface area (Å²) in [5, 5.41) is 3.14. The standard InChI is InChI=1S/C36H54N4O3/c1-5-29(4)26-40(31-15-17-33(18-16-31)43-27-30-13-9-8-10-14-30)32-19-23-38(24-20-32)35(41)34(25-28(2)3)37-36(42)39-21-11-6-7-12-22-39/h8-10,13-18,28-29,32,34H,5-7,11-12,19-27H2,1-4H3,(H,37,42)/t29?,34-/m0/s1. The highest BCUT2D eigenvalue weighted by Crippen LogP contribution is 2.28. The number of amides is 3. The van der Waals surface area contributed by atoms with Gasteiger partial charge in [0.2, 0.25) is 5.91 Å². The van der Waals surface area contributed by atoms with Gasteiger partial charge in [-0.3, -0.25) is 4.79 Å². The molecule has 2 aliphatic heterocycles. The molecule has 2 saturated heterocycles. The lowest BCUT2D eigenvalue weighted by atomic mass is 9.97. The third kappa shape index (κ3) is 9.90. The number of ether oxygens (including phenoxy) is 1. The number of nitrogens with one attached hydrogen (secondary N) is 1. The number of rotatable bonds is 12. The molecule has 0 bridgehead atoms. The monoisotopic (exact) mass is 590 g/mol. The number of hydrogen-bond donors (Lipinski definition) is 1. The highest BCUT2D eigenvalue weighted by atomic mass is 16.5. The Bertz CT molecular complexity index is 1110. The topological polar surface area (TPSA) is 65.1 Å². The predicted octanol–water partition coefficient (Wildman–Crippen LogP) is 7.11. The minimum Gasteiger partial charge on any atom is -0.489 e. The molecule has 0 spiro atoms. The van der Waals surface area contributed by atoms with Crippen LogP contribution in [0.2, 0.25) is 0 Å². The number of likely N-dealkylation sites (tertiary alicyclic amines) is 2. The molecule has 2 aromatic rings. The number of urea groups is 1. The van der Waals surface area contributed by atoms with Gasteiger partial charge in [-0.1, -0.05) is 77.3 Å². The maximum absolute atomic E-state index is 13.8. The highest BCUT2D eigenvalue weighted by Gasteiger charge is 2.33. The number of nitrogens with zero attached hydrogens (tertiary/aromatic N) is 3. The Hall–Kier alpha value is -3.22. The Morgan fingerprint density at radius 2 is 1.53 bits per heavy atom. The molecule has 4 rings (SSSR count). The molecule has 1 unspecified atom stereocenters. The number of piperidine rings is 1. The first-order valence-corrected chi connectivity index (χ1v) is 16.7. The van der Waals surface area contributed by atoms with Crippen molar-refractivity contribution < 1.29 is 14.3 Å². The van der Waals surface area contributed by atoms with E-state index in [1.54, 1.807) is 0 Å². The van der Waals surface area contributed by atoms with Crippen molar-refractivity contribution in [1.29, 1.82) is 0 Å². The van der Waals surface area contributed by atoms with Crippen molar-refractivity contribution in [2.45, 2.75) is 97.8 Å². The molecule has 2 aromatic carbocycles. The molecule has 1 N–H and O–H groups in total. The van der Waals surface area contributed by atoms with E-state index in [2.05, 4.69) is 74.3 Å². The molecule has 236 valence electrons. The van der Waals surface area contributed by atoms with Gasteiger partial charge in [0.05, 0.1) is 0 Å². The third-order valence-corrected chi connectivity index (χ3v) is 9.04. The summed E-state index contributed by atoms with van der Waals surface area (Å²) >= 11 is 0. The third-order valence-electron chi connectivity index (χ3n) is 9.04. The Balaban J connectivity index is 1.37. The summed E-state index contributed by atoms with van der Waals surface area (Å²) < 4.78 is 6.04. The van der Waals surface area contributed by atoms with Crippen molar-refractivity contribution in [3.05, 3.63) is 60.2 Å². The van der Waals surface area contributed by atoms with E-state index in [-0.39, 0.29) is 11.9 Å². The van der Waals surface area contributed by atoms with Crippen LogP contribution in [0.3, 0.4) is 0 Å². The molecule has 0 aliphatic carbocycles. The first-order valence-electron chi connectivity index (χ1n) is 16.7. The minimum absolute atomic E-state index is 0.0729. The average molecular weight is 591 g/mol. The van der Waals surface area contributed by atoms with Gasteiger partial charge < -0.3 is 24.8 Å². The van der Waals surface area contributed by atoms with E-state index in [9.17, 15) is 9.59 Å². The van der Waals surface area contributed by atoms with Crippen molar-refractivity contribution in [2.75, 3.05) is 37.6 Å². The Kier molecular flexibility index (Phi) is 12.6. The van der Waals surface area contributed by atoms with Crippen LogP contribution in [-0.2, 0) is 11.4 Å². The fourth-order valence-electron chi connectivity index (χ4n) is 6.23. The predicted molar refractivity (Wildman–Crippen MR) is 175 cm³/mol. The van der Waals surface area contributed by atoms with Crippen LogP contribution in [0, 0.1) is 11.8 Å². The van der Waals surface area contributed by atoms with E-state index < -0.39 is 6.04 Å². The van der Waals surface area contributed by atoms with Gasteiger partial charge >= 0.3 is 6.03 Å². The van der Waals surface area contributed by atoms with Crippen LogP contribution in [0.4, 0.5) is 10.5 Å². The molecular formula is C36H54N4O3. The first kappa shape index (κ1) is 32.7. The number of carbonyl (C=O) groups excluding carboxylic acids is 2. The molecule has 43 heavy (non-hydrogen) atoms. The van der Waals surface area contributed by atoms with E-state index in [0.29, 0.717) is 44.0 Å². The summed E-state index contributed by atoms with van der Waals surface area (Å²) in [5.74, 6) is 1.83. The van der Waals surface area contributed by atoms with Crippen LogP contribution in [0.5, 0.6) is 5.75 Å². The minimum atomic E-state index is -0.466. The molecule has 7 heteroatoms. The van der Waals surface area contributed by atoms with Gasteiger partial charge in [-0.2, -0.15) is 0 Å². The molecule has 7 nitrogen and oxygen atoms in total. The normalized spacial score (nSPS) is 17.7. The quantitative estimate of drug-likeness (QED) is 0.286. The fraction of sp³-hybridized carbons (Fsp3) is 0.611. The van der Waals surface area contributed by atoms with Gasteiger partial charge in [-0.25, -0.2) is 4.79 Å². The Morgan fingerprint density at radius 3 is 2.14 bits per heavy atom. The fourth-order valence-corrected chi connectivity index (χ4v) is 6.23. The average Bonchev–Trinajstić information content (AvgIpc) is 3.32. The number of carbonyl (C=O) groups is 2. The largest absolute Gasteiger partial charge is 0.489 e. The Morgan fingerprint density at radius 1 is 0.884 bits per heavy atom.